The molecule has 0 amide bonds. The molecule has 0 spiro atoms. The Balaban J connectivity index is 1.91. The van der Waals surface area contributed by atoms with Gasteiger partial charge in [0.1, 0.15) is 0 Å². The van der Waals surface area contributed by atoms with Crippen molar-refractivity contribution in [2.24, 2.45) is 12.8 Å². The molecule has 0 bridgehead atoms. The molecule has 0 saturated carbocycles. The summed E-state index contributed by atoms with van der Waals surface area (Å²) in [6.07, 6.45) is 3.05. The summed E-state index contributed by atoms with van der Waals surface area (Å²) in [6, 6.07) is 0.344. The Morgan fingerprint density at radius 1 is 1.69 bits per heavy atom. The number of likely N-dealkylation sites (tertiary alicyclic amines) is 1. The number of nitrogens with two attached hydrogens (primary N) is 1. The Hall–Kier alpha value is -0.940. The van der Waals surface area contributed by atoms with Crippen LogP contribution in [0.2, 0.25) is 0 Å². The summed E-state index contributed by atoms with van der Waals surface area (Å²) in [7, 11) is 1.88. The van der Waals surface area contributed by atoms with Crippen LogP contribution in [-0.4, -0.2) is 39.0 Å². The second-order valence-electron chi connectivity index (χ2n) is 3.67. The SMILES string of the molecule is Cn1cc(CN2CC[C@@H](N)C2)nn1. The van der Waals surface area contributed by atoms with Crippen molar-refractivity contribution in [1.29, 1.82) is 0 Å². The van der Waals surface area contributed by atoms with E-state index in [0.717, 1.165) is 31.7 Å². The summed E-state index contributed by atoms with van der Waals surface area (Å²) in [5.41, 5.74) is 6.83. The van der Waals surface area contributed by atoms with Crippen LogP contribution in [-0.2, 0) is 13.6 Å². The van der Waals surface area contributed by atoms with Gasteiger partial charge in [0.25, 0.3) is 0 Å². The summed E-state index contributed by atoms with van der Waals surface area (Å²) in [5.74, 6) is 0. The van der Waals surface area contributed by atoms with Gasteiger partial charge in [-0.05, 0) is 6.42 Å². The van der Waals surface area contributed by atoms with E-state index in [-0.39, 0.29) is 0 Å². The van der Waals surface area contributed by atoms with Gasteiger partial charge in [-0.1, -0.05) is 5.21 Å². The minimum absolute atomic E-state index is 0.344. The minimum Gasteiger partial charge on any atom is -0.326 e. The molecule has 1 saturated heterocycles. The molecule has 1 atom stereocenters. The topological polar surface area (TPSA) is 60.0 Å². The lowest BCUT2D eigenvalue weighted by Crippen LogP contribution is -2.26. The van der Waals surface area contributed by atoms with Gasteiger partial charge in [-0.15, -0.1) is 5.10 Å². The van der Waals surface area contributed by atoms with Crippen LogP contribution in [0.1, 0.15) is 12.1 Å². The van der Waals surface area contributed by atoms with Gasteiger partial charge >= 0.3 is 0 Å². The number of aromatic nitrogens is 3. The number of hydrogen-bond donors (Lipinski definition) is 1. The molecule has 2 rings (SSSR count). The van der Waals surface area contributed by atoms with Crippen LogP contribution in [0.25, 0.3) is 0 Å². The predicted octanol–water partition coefficient (Wildman–Crippen LogP) is -0.652. The summed E-state index contributed by atoms with van der Waals surface area (Å²) >= 11 is 0. The fourth-order valence-electron chi connectivity index (χ4n) is 1.70. The highest BCUT2D eigenvalue weighted by Gasteiger charge is 2.19. The number of aryl methyl sites for hydroxylation is 1. The molecule has 2 N–H and O–H groups in total. The molecule has 13 heavy (non-hydrogen) atoms. The highest BCUT2D eigenvalue weighted by atomic mass is 15.4. The zero-order chi connectivity index (χ0) is 9.26. The van der Waals surface area contributed by atoms with E-state index in [1.807, 2.05) is 13.2 Å². The van der Waals surface area contributed by atoms with Crippen molar-refractivity contribution >= 4 is 0 Å². The monoisotopic (exact) mass is 181 g/mol. The third kappa shape index (κ3) is 2.05. The Morgan fingerprint density at radius 3 is 3.08 bits per heavy atom. The van der Waals surface area contributed by atoms with Gasteiger partial charge < -0.3 is 5.73 Å². The molecule has 2 heterocycles. The molecule has 1 fully saturated rings. The van der Waals surface area contributed by atoms with Crippen molar-refractivity contribution in [2.45, 2.75) is 19.0 Å². The zero-order valence-corrected chi connectivity index (χ0v) is 7.85. The van der Waals surface area contributed by atoms with Crippen LogP contribution in [0.5, 0.6) is 0 Å². The van der Waals surface area contributed by atoms with Crippen LogP contribution in [0, 0.1) is 0 Å². The molecule has 0 unspecified atom stereocenters. The highest BCUT2D eigenvalue weighted by Crippen LogP contribution is 2.09. The Kier molecular flexibility index (Phi) is 2.28. The van der Waals surface area contributed by atoms with Crippen LogP contribution in [0.15, 0.2) is 6.20 Å². The van der Waals surface area contributed by atoms with Gasteiger partial charge in [-0.3, -0.25) is 9.58 Å². The number of rotatable bonds is 2. The third-order valence-corrected chi connectivity index (χ3v) is 2.34. The first-order chi connectivity index (χ1) is 6.24. The zero-order valence-electron chi connectivity index (χ0n) is 7.85. The molecule has 1 aliphatic heterocycles. The van der Waals surface area contributed by atoms with Gasteiger partial charge in [-0.2, -0.15) is 0 Å². The summed E-state index contributed by atoms with van der Waals surface area (Å²) < 4.78 is 1.73. The molecule has 72 valence electrons. The molecule has 1 aromatic heterocycles. The lowest BCUT2D eigenvalue weighted by Gasteiger charge is -2.11. The summed E-state index contributed by atoms with van der Waals surface area (Å²) in [6.45, 7) is 2.94. The lowest BCUT2D eigenvalue weighted by molar-refractivity contribution is 0.322. The number of hydrogen-bond acceptors (Lipinski definition) is 4. The smallest absolute Gasteiger partial charge is 0.0967 e. The van der Waals surface area contributed by atoms with Gasteiger partial charge in [0.2, 0.25) is 0 Å². The largest absolute Gasteiger partial charge is 0.326 e. The third-order valence-electron chi connectivity index (χ3n) is 2.34. The molecular formula is C8H15N5. The van der Waals surface area contributed by atoms with Gasteiger partial charge in [-0.25, -0.2) is 0 Å². The van der Waals surface area contributed by atoms with E-state index >= 15 is 0 Å². The average Bonchev–Trinajstić information content (AvgIpc) is 2.62. The second kappa shape index (κ2) is 3.43. The second-order valence-corrected chi connectivity index (χ2v) is 3.67. The van der Waals surface area contributed by atoms with Crippen LogP contribution >= 0.6 is 0 Å². The van der Waals surface area contributed by atoms with Gasteiger partial charge in [0.15, 0.2) is 0 Å². The Bertz CT molecular complexity index is 282. The first-order valence-corrected chi connectivity index (χ1v) is 4.57. The van der Waals surface area contributed by atoms with E-state index in [1.54, 1.807) is 4.68 Å². The van der Waals surface area contributed by atoms with Crippen LogP contribution in [0.4, 0.5) is 0 Å². The molecule has 5 nitrogen and oxygen atoms in total. The van der Waals surface area contributed by atoms with Crippen molar-refractivity contribution in [2.75, 3.05) is 13.1 Å². The van der Waals surface area contributed by atoms with Crippen LogP contribution in [0.3, 0.4) is 0 Å². The lowest BCUT2D eigenvalue weighted by atomic mass is 10.3. The average molecular weight is 181 g/mol. The van der Waals surface area contributed by atoms with Crippen molar-refractivity contribution in [1.82, 2.24) is 19.9 Å². The maximum absolute atomic E-state index is 5.80. The molecule has 0 aliphatic carbocycles. The first kappa shape index (κ1) is 8.65. The van der Waals surface area contributed by atoms with E-state index in [4.69, 9.17) is 5.73 Å². The summed E-state index contributed by atoms with van der Waals surface area (Å²) in [5, 5.41) is 7.92. The first-order valence-electron chi connectivity index (χ1n) is 4.57. The fourth-order valence-corrected chi connectivity index (χ4v) is 1.70. The van der Waals surface area contributed by atoms with E-state index in [1.165, 1.54) is 0 Å². The molecule has 1 aliphatic rings. The van der Waals surface area contributed by atoms with Crippen molar-refractivity contribution in [3.8, 4) is 0 Å². The van der Waals surface area contributed by atoms with E-state index in [9.17, 15) is 0 Å². The molecule has 5 heteroatoms. The molecular weight excluding hydrogens is 166 g/mol. The van der Waals surface area contributed by atoms with Crippen molar-refractivity contribution in [3.63, 3.8) is 0 Å². The Labute approximate surface area is 77.5 Å². The molecule has 0 aromatic carbocycles. The van der Waals surface area contributed by atoms with E-state index in [0.29, 0.717) is 6.04 Å². The Morgan fingerprint density at radius 2 is 2.54 bits per heavy atom. The van der Waals surface area contributed by atoms with Crippen LogP contribution < -0.4 is 5.73 Å². The fraction of sp³-hybridized carbons (Fsp3) is 0.750. The number of nitrogens with zero attached hydrogens (tertiary/aromatic N) is 4. The minimum atomic E-state index is 0.344. The highest BCUT2D eigenvalue weighted by molar-refractivity contribution is 4.93. The molecule has 1 aromatic rings. The summed E-state index contributed by atoms with van der Waals surface area (Å²) in [4.78, 5) is 2.31. The van der Waals surface area contributed by atoms with E-state index in [2.05, 4.69) is 15.2 Å². The van der Waals surface area contributed by atoms with Crippen molar-refractivity contribution < 1.29 is 0 Å². The van der Waals surface area contributed by atoms with Crippen molar-refractivity contribution in [3.05, 3.63) is 11.9 Å². The molecule has 0 radical (unpaired) electrons. The normalized spacial score (nSPS) is 24.0. The standard InChI is InChI=1S/C8H15N5/c1-12-5-8(10-11-12)6-13-3-2-7(9)4-13/h5,7H,2-4,6,9H2,1H3/t7-/m1/s1. The maximum Gasteiger partial charge on any atom is 0.0967 e. The predicted molar refractivity (Wildman–Crippen MR) is 48.9 cm³/mol. The van der Waals surface area contributed by atoms with E-state index < -0.39 is 0 Å². The van der Waals surface area contributed by atoms with Gasteiger partial charge in [0, 0.05) is 38.9 Å². The quantitative estimate of drug-likeness (QED) is 0.658. The maximum atomic E-state index is 5.80. The van der Waals surface area contributed by atoms with Gasteiger partial charge in [0.05, 0.1) is 5.69 Å².